The Hall–Kier alpha value is -4.44. The van der Waals surface area contributed by atoms with E-state index in [0.717, 1.165) is 44.5 Å². The molecule has 0 unspecified atom stereocenters. The molecule has 0 fully saturated rings. The molecule has 0 saturated carbocycles. The molecule has 4 aromatic rings. The topological polar surface area (TPSA) is 164 Å². The van der Waals surface area contributed by atoms with Crippen LogP contribution in [0.1, 0.15) is 11.1 Å². The first-order valence-electron chi connectivity index (χ1n) is 12.7. The molecule has 0 bridgehead atoms. The van der Waals surface area contributed by atoms with Crippen LogP contribution in [-0.2, 0) is 0 Å². The zero-order valence-electron chi connectivity index (χ0n) is 22.2. The van der Waals surface area contributed by atoms with Crippen molar-refractivity contribution in [2.45, 2.75) is 13.8 Å². The zero-order valence-corrected chi connectivity index (χ0v) is 22.2. The Kier molecular flexibility index (Phi) is 8.46. The number of benzene rings is 2. The fourth-order valence-electron chi connectivity index (χ4n) is 4.76. The summed E-state index contributed by atoms with van der Waals surface area (Å²) in [6, 6.07) is 19.6. The average Bonchev–Trinajstić information content (AvgIpc) is 2.93. The van der Waals surface area contributed by atoms with Gasteiger partial charge in [-0.2, -0.15) is 0 Å². The van der Waals surface area contributed by atoms with Crippen LogP contribution in [0.2, 0.25) is 0 Å². The van der Waals surface area contributed by atoms with Gasteiger partial charge in [0.25, 0.3) is 0 Å². The molecule has 39 heavy (non-hydrogen) atoms. The summed E-state index contributed by atoms with van der Waals surface area (Å²) in [6.07, 6.45) is 3.45. The number of pyridine rings is 2. The highest BCUT2D eigenvalue weighted by molar-refractivity contribution is 5.86. The van der Waals surface area contributed by atoms with Crippen LogP contribution in [0.4, 0.5) is 0 Å². The minimum absolute atomic E-state index is 0.000395. The second-order valence-corrected chi connectivity index (χ2v) is 9.30. The van der Waals surface area contributed by atoms with Gasteiger partial charge in [0.1, 0.15) is 22.6 Å². The molecule has 200 valence electrons. The fraction of sp³-hybridized carbons (Fsp3) is 0.200. The van der Waals surface area contributed by atoms with Crippen LogP contribution < -0.4 is 22.0 Å². The molecule has 0 aliphatic carbocycles. The maximum absolute atomic E-state index is 8.94. The molecule has 0 radical (unpaired) electrons. The van der Waals surface area contributed by atoms with Crippen LogP contribution in [0.3, 0.4) is 0 Å². The van der Waals surface area contributed by atoms with Crippen molar-refractivity contribution in [3.8, 4) is 33.4 Å². The molecule has 0 amide bonds. The maximum Gasteiger partial charge on any atom is 0.130 e. The summed E-state index contributed by atoms with van der Waals surface area (Å²) in [6.45, 7) is 4.88. The molecule has 9 nitrogen and oxygen atoms in total. The van der Waals surface area contributed by atoms with Crippen LogP contribution in [0.5, 0.6) is 0 Å². The lowest BCUT2D eigenvalue weighted by Gasteiger charge is -2.17. The predicted molar refractivity (Wildman–Crippen MR) is 155 cm³/mol. The summed E-state index contributed by atoms with van der Waals surface area (Å²) in [4.78, 5) is 0. The Morgan fingerprint density at radius 2 is 1.23 bits per heavy atom. The van der Waals surface area contributed by atoms with E-state index in [1.807, 2.05) is 36.4 Å². The van der Waals surface area contributed by atoms with Crippen molar-refractivity contribution in [2.24, 2.45) is 5.73 Å². The van der Waals surface area contributed by atoms with Gasteiger partial charge in [0, 0.05) is 18.9 Å². The largest absolute Gasteiger partial charge is 0.395 e. The molecule has 0 saturated heterocycles. The Morgan fingerprint density at radius 1 is 0.769 bits per heavy atom. The molecule has 2 aromatic heterocycles. The molecule has 0 aliphatic rings. The van der Waals surface area contributed by atoms with Gasteiger partial charge in [0.2, 0.25) is 0 Å². The van der Waals surface area contributed by atoms with Crippen molar-refractivity contribution in [2.75, 3.05) is 26.2 Å². The Bertz CT molecular complexity index is 1660. The first kappa shape index (κ1) is 27.6. The summed E-state index contributed by atoms with van der Waals surface area (Å²) >= 11 is 0. The molecule has 0 atom stereocenters. The normalized spacial score (nSPS) is 11.0. The number of nitrogens with one attached hydrogen (secondary N) is 5. The number of aliphatic hydroxyl groups is 1. The van der Waals surface area contributed by atoms with Crippen molar-refractivity contribution in [1.29, 1.82) is 21.6 Å². The van der Waals surface area contributed by atoms with E-state index < -0.39 is 0 Å². The lowest BCUT2D eigenvalue weighted by atomic mass is 9.88. The van der Waals surface area contributed by atoms with E-state index in [-0.39, 0.29) is 42.3 Å². The van der Waals surface area contributed by atoms with Gasteiger partial charge < -0.3 is 16.2 Å². The molecular formula is C30H34N8O. The highest BCUT2D eigenvalue weighted by atomic mass is 16.3. The van der Waals surface area contributed by atoms with Gasteiger partial charge in [-0.25, -0.2) is 0 Å². The van der Waals surface area contributed by atoms with Gasteiger partial charge in [-0.15, -0.1) is 0 Å². The van der Waals surface area contributed by atoms with Crippen LogP contribution in [-0.4, -0.2) is 52.2 Å². The minimum Gasteiger partial charge on any atom is -0.395 e. The Labute approximate surface area is 227 Å². The zero-order chi connectivity index (χ0) is 28.1. The maximum atomic E-state index is 8.94. The van der Waals surface area contributed by atoms with E-state index >= 15 is 0 Å². The second kappa shape index (κ2) is 12.0. The van der Waals surface area contributed by atoms with Gasteiger partial charge in [-0.3, -0.25) is 30.8 Å². The van der Waals surface area contributed by atoms with Crippen LogP contribution in [0.15, 0.2) is 73.1 Å². The number of hydrogen-bond acceptors (Lipinski definition) is 7. The number of nitrogens with zero attached hydrogens (tertiary/aromatic N) is 2. The van der Waals surface area contributed by atoms with Crippen molar-refractivity contribution >= 4 is 11.7 Å². The monoisotopic (exact) mass is 522 g/mol. The van der Waals surface area contributed by atoms with E-state index in [9.17, 15) is 0 Å². The third-order valence-electron chi connectivity index (χ3n) is 6.85. The highest BCUT2D eigenvalue weighted by Gasteiger charge is 2.14. The molecule has 8 N–H and O–H groups in total. The van der Waals surface area contributed by atoms with Crippen molar-refractivity contribution < 1.29 is 5.11 Å². The molecule has 2 aromatic carbocycles. The summed E-state index contributed by atoms with van der Waals surface area (Å²) < 4.78 is 2.98. The fourth-order valence-corrected chi connectivity index (χ4v) is 4.76. The third kappa shape index (κ3) is 5.70. The van der Waals surface area contributed by atoms with Crippen LogP contribution >= 0.6 is 0 Å². The highest BCUT2D eigenvalue weighted by Crippen LogP contribution is 2.36. The number of nitrogens with two attached hydrogens (primary N) is 1. The summed E-state index contributed by atoms with van der Waals surface area (Å²) in [5.41, 5.74) is 14.2. The number of rotatable bonds is 8. The lowest BCUT2D eigenvalue weighted by Crippen LogP contribution is -2.34. The first-order valence-corrected chi connectivity index (χ1v) is 12.7. The smallest absolute Gasteiger partial charge is 0.130 e. The minimum atomic E-state index is -0.000395. The summed E-state index contributed by atoms with van der Waals surface area (Å²) in [5.74, 6) is 0.405. The SMILES string of the molecule is Cc1c(-c2ccn(C(=N)CN)c(=N)c2)cccc1-c1cccc(-c2ccn(C(=N)CNCCO)c(=N)c2)c1C. The predicted octanol–water partition coefficient (Wildman–Crippen LogP) is 3.06. The molecule has 9 heteroatoms. The van der Waals surface area contributed by atoms with Gasteiger partial charge in [-0.05, 0) is 82.6 Å². The second-order valence-electron chi connectivity index (χ2n) is 9.30. The van der Waals surface area contributed by atoms with Crippen LogP contribution in [0.25, 0.3) is 33.4 Å². The van der Waals surface area contributed by atoms with Gasteiger partial charge in [0.05, 0.1) is 19.7 Å². The van der Waals surface area contributed by atoms with Gasteiger partial charge in [0.15, 0.2) is 0 Å². The summed E-state index contributed by atoms with van der Waals surface area (Å²) in [7, 11) is 0. The van der Waals surface area contributed by atoms with Crippen LogP contribution in [0, 0.1) is 35.5 Å². The number of aromatic nitrogens is 2. The molecule has 0 aliphatic heterocycles. The Morgan fingerprint density at radius 3 is 1.67 bits per heavy atom. The third-order valence-corrected chi connectivity index (χ3v) is 6.85. The summed E-state index contributed by atoms with van der Waals surface area (Å²) in [5, 5.41) is 45.0. The van der Waals surface area contributed by atoms with E-state index in [1.165, 1.54) is 9.13 Å². The quantitative estimate of drug-likeness (QED) is 0.108. The van der Waals surface area contributed by atoms with E-state index in [1.54, 1.807) is 24.5 Å². The number of hydrogen-bond donors (Lipinski definition) is 7. The van der Waals surface area contributed by atoms with E-state index in [4.69, 9.17) is 32.5 Å². The number of aliphatic hydroxyl groups excluding tert-OH is 1. The Balaban J connectivity index is 1.71. The van der Waals surface area contributed by atoms with Gasteiger partial charge >= 0.3 is 0 Å². The molecule has 2 heterocycles. The van der Waals surface area contributed by atoms with Crippen molar-refractivity contribution in [3.63, 3.8) is 0 Å². The molecule has 4 rings (SSSR count). The standard InChI is InChI=1S/C30H34N8O/c1-19-23(21-9-12-37(27(32)15-21)29(34)17-31)5-3-7-25(19)26-8-4-6-24(20(26)2)22-10-13-38(28(33)16-22)30(35)18-36-11-14-39/h3-10,12-13,15-16,32-36,39H,11,14,17-18,31H2,1-2H3. The molecule has 0 spiro atoms. The van der Waals surface area contributed by atoms with E-state index in [0.29, 0.717) is 6.54 Å². The van der Waals surface area contributed by atoms with Crippen molar-refractivity contribution in [1.82, 2.24) is 14.5 Å². The first-order chi connectivity index (χ1) is 18.8. The molecular weight excluding hydrogens is 488 g/mol. The average molecular weight is 523 g/mol. The van der Waals surface area contributed by atoms with E-state index in [2.05, 4.69) is 31.3 Å². The lowest BCUT2D eigenvalue weighted by molar-refractivity contribution is 0.295. The van der Waals surface area contributed by atoms with Gasteiger partial charge in [-0.1, -0.05) is 36.4 Å². The van der Waals surface area contributed by atoms with Crippen molar-refractivity contribution in [3.05, 3.63) is 95.2 Å².